The van der Waals surface area contributed by atoms with Crippen LogP contribution in [0.1, 0.15) is 41.3 Å². The third-order valence-corrected chi connectivity index (χ3v) is 6.15. The van der Waals surface area contributed by atoms with Crippen LogP contribution in [0.4, 0.5) is 5.69 Å². The van der Waals surface area contributed by atoms with Crippen molar-refractivity contribution >= 4 is 22.5 Å². The predicted octanol–water partition coefficient (Wildman–Crippen LogP) is 3.03. The number of pyridine rings is 1. The van der Waals surface area contributed by atoms with Gasteiger partial charge in [0.05, 0.1) is 18.7 Å². The third kappa shape index (κ3) is 5.26. The number of benzene rings is 2. The van der Waals surface area contributed by atoms with Crippen LogP contribution < -0.4 is 21.4 Å². The summed E-state index contributed by atoms with van der Waals surface area (Å²) in [6.07, 6.45) is 3.71. The lowest BCUT2D eigenvalue weighted by atomic mass is 10.1. The van der Waals surface area contributed by atoms with Crippen molar-refractivity contribution in [2.75, 3.05) is 31.2 Å². The smallest absolute Gasteiger partial charge is 0.257 e. The lowest BCUT2D eigenvalue weighted by Crippen LogP contribution is -2.36. The molecule has 1 aliphatic heterocycles. The lowest BCUT2D eigenvalue weighted by Gasteiger charge is -2.29. The fourth-order valence-electron chi connectivity index (χ4n) is 4.14. The van der Waals surface area contributed by atoms with Crippen molar-refractivity contribution < 1.29 is 9.53 Å². The van der Waals surface area contributed by atoms with E-state index in [1.165, 1.54) is 0 Å². The van der Waals surface area contributed by atoms with Crippen LogP contribution in [0.25, 0.3) is 10.9 Å². The molecule has 0 spiro atoms. The van der Waals surface area contributed by atoms with Crippen LogP contribution in [0.5, 0.6) is 0 Å². The van der Waals surface area contributed by atoms with Gasteiger partial charge in [-0.2, -0.15) is 0 Å². The summed E-state index contributed by atoms with van der Waals surface area (Å²) < 4.78 is 7.52. The van der Waals surface area contributed by atoms with Gasteiger partial charge in [0.15, 0.2) is 0 Å². The normalized spacial score (nSPS) is 13.9. The Morgan fingerprint density at radius 2 is 1.82 bits per heavy atom. The number of nitrogens with two attached hydrogens (primary N) is 1. The quantitative estimate of drug-likeness (QED) is 0.553. The SMILES string of the molecule is CCCCn1cc(C(=O)NCc2ccc(CN)cc2)c(=O)c2ccc(N3CCOCC3)cc21. The van der Waals surface area contributed by atoms with E-state index in [1.54, 1.807) is 6.20 Å². The standard InChI is InChI=1S/C26H32N4O3/c1-2-3-10-30-18-23(26(32)28-17-20-6-4-19(16-27)5-7-20)25(31)22-9-8-21(15-24(22)30)29-11-13-33-14-12-29/h4-9,15,18H,2-3,10-14,16-17,27H2,1H3,(H,28,32). The fraction of sp³-hybridized carbons (Fsp3) is 0.385. The van der Waals surface area contributed by atoms with Gasteiger partial charge in [0, 0.05) is 50.0 Å². The predicted molar refractivity (Wildman–Crippen MR) is 132 cm³/mol. The number of carbonyl (C=O) groups excluding carboxylic acids is 1. The van der Waals surface area contributed by atoms with E-state index in [0.717, 1.165) is 54.8 Å². The Bertz CT molecular complexity index is 1160. The molecule has 1 fully saturated rings. The second kappa shape index (κ2) is 10.6. The van der Waals surface area contributed by atoms with Crippen LogP contribution in [0.15, 0.2) is 53.5 Å². The first-order valence-electron chi connectivity index (χ1n) is 11.7. The van der Waals surface area contributed by atoms with Crippen LogP contribution in [0.2, 0.25) is 0 Å². The Hall–Kier alpha value is -3.16. The second-order valence-electron chi connectivity index (χ2n) is 8.42. The van der Waals surface area contributed by atoms with Crippen LogP contribution >= 0.6 is 0 Å². The van der Waals surface area contributed by atoms with Gasteiger partial charge in [-0.1, -0.05) is 37.6 Å². The monoisotopic (exact) mass is 448 g/mol. The summed E-state index contributed by atoms with van der Waals surface area (Å²) in [6.45, 7) is 6.78. The molecule has 1 amide bonds. The zero-order valence-electron chi connectivity index (χ0n) is 19.2. The molecule has 0 unspecified atom stereocenters. The van der Waals surface area contributed by atoms with Crippen LogP contribution in [-0.4, -0.2) is 36.8 Å². The van der Waals surface area contributed by atoms with Gasteiger partial charge < -0.3 is 25.3 Å². The highest BCUT2D eigenvalue weighted by Gasteiger charge is 2.18. The molecule has 1 aromatic heterocycles. The largest absolute Gasteiger partial charge is 0.378 e. The number of unbranched alkanes of at least 4 members (excludes halogenated alkanes) is 1. The number of aromatic nitrogens is 1. The number of fused-ring (bicyclic) bond motifs is 1. The number of carbonyl (C=O) groups is 1. The number of aryl methyl sites for hydroxylation is 1. The van der Waals surface area contributed by atoms with Crippen LogP contribution in [0.3, 0.4) is 0 Å². The van der Waals surface area contributed by atoms with Crippen molar-refractivity contribution in [1.29, 1.82) is 0 Å². The summed E-state index contributed by atoms with van der Waals surface area (Å²) in [6, 6.07) is 13.7. The van der Waals surface area contributed by atoms with E-state index in [0.29, 0.717) is 31.7 Å². The number of anilines is 1. The first-order valence-corrected chi connectivity index (χ1v) is 11.7. The van der Waals surface area contributed by atoms with Gasteiger partial charge >= 0.3 is 0 Å². The van der Waals surface area contributed by atoms with Crippen molar-refractivity contribution in [2.24, 2.45) is 5.73 Å². The molecule has 2 heterocycles. The first kappa shape index (κ1) is 23.0. The molecule has 1 saturated heterocycles. The van der Waals surface area contributed by atoms with Crippen molar-refractivity contribution in [2.45, 2.75) is 39.4 Å². The summed E-state index contributed by atoms with van der Waals surface area (Å²) in [7, 11) is 0. The van der Waals surface area contributed by atoms with Gasteiger partial charge in [-0.15, -0.1) is 0 Å². The number of ether oxygens (including phenoxy) is 1. The number of amides is 1. The number of morpholine rings is 1. The molecule has 0 atom stereocenters. The van der Waals surface area contributed by atoms with Gasteiger partial charge in [-0.05, 0) is 35.7 Å². The number of nitrogens with one attached hydrogen (secondary N) is 1. The minimum absolute atomic E-state index is 0.177. The van der Waals surface area contributed by atoms with Crippen molar-refractivity contribution in [3.63, 3.8) is 0 Å². The molecule has 3 aromatic rings. The highest BCUT2D eigenvalue weighted by Crippen LogP contribution is 2.22. The molecule has 0 saturated carbocycles. The molecule has 33 heavy (non-hydrogen) atoms. The summed E-state index contributed by atoms with van der Waals surface area (Å²) in [5.74, 6) is -0.354. The summed E-state index contributed by atoms with van der Waals surface area (Å²) in [5, 5.41) is 3.47. The maximum absolute atomic E-state index is 13.3. The highest BCUT2D eigenvalue weighted by molar-refractivity contribution is 5.97. The molecule has 2 aromatic carbocycles. The number of rotatable bonds is 8. The average Bonchev–Trinajstić information content (AvgIpc) is 2.87. The highest BCUT2D eigenvalue weighted by atomic mass is 16.5. The van der Waals surface area contributed by atoms with E-state index in [4.69, 9.17) is 10.5 Å². The number of hydrogen-bond donors (Lipinski definition) is 2. The van der Waals surface area contributed by atoms with E-state index >= 15 is 0 Å². The molecule has 0 bridgehead atoms. The van der Waals surface area contributed by atoms with E-state index < -0.39 is 0 Å². The van der Waals surface area contributed by atoms with E-state index in [2.05, 4.69) is 27.8 Å². The summed E-state index contributed by atoms with van der Waals surface area (Å²) in [4.78, 5) is 28.5. The Morgan fingerprint density at radius 1 is 1.09 bits per heavy atom. The van der Waals surface area contributed by atoms with E-state index in [1.807, 2.05) is 36.4 Å². The third-order valence-electron chi connectivity index (χ3n) is 6.15. The van der Waals surface area contributed by atoms with Gasteiger partial charge in [-0.3, -0.25) is 9.59 Å². The van der Waals surface area contributed by atoms with Crippen molar-refractivity contribution in [3.8, 4) is 0 Å². The van der Waals surface area contributed by atoms with E-state index in [-0.39, 0.29) is 16.9 Å². The Balaban J connectivity index is 1.63. The lowest BCUT2D eigenvalue weighted by molar-refractivity contribution is 0.0949. The minimum Gasteiger partial charge on any atom is -0.378 e. The molecule has 174 valence electrons. The number of hydrogen-bond acceptors (Lipinski definition) is 5. The minimum atomic E-state index is -0.354. The Kier molecular flexibility index (Phi) is 7.42. The first-order chi connectivity index (χ1) is 16.1. The van der Waals surface area contributed by atoms with Crippen LogP contribution in [0, 0.1) is 0 Å². The molecule has 3 N–H and O–H groups in total. The number of nitrogens with zero attached hydrogens (tertiary/aromatic N) is 2. The van der Waals surface area contributed by atoms with Gasteiger partial charge in [0.2, 0.25) is 5.43 Å². The Morgan fingerprint density at radius 3 is 2.52 bits per heavy atom. The van der Waals surface area contributed by atoms with Gasteiger partial charge in [0.1, 0.15) is 5.56 Å². The van der Waals surface area contributed by atoms with Crippen molar-refractivity contribution in [3.05, 3.63) is 75.6 Å². The van der Waals surface area contributed by atoms with Crippen molar-refractivity contribution in [1.82, 2.24) is 9.88 Å². The summed E-state index contributed by atoms with van der Waals surface area (Å²) in [5.41, 5.74) is 9.53. The molecular formula is C26H32N4O3. The molecule has 7 nitrogen and oxygen atoms in total. The zero-order valence-corrected chi connectivity index (χ0v) is 19.2. The average molecular weight is 449 g/mol. The maximum atomic E-state index is 13.3. The topological polar surface area (TPSA) is 89.6 Å². The molecular weight excluding hydrogens is 416 g/mol. The fourth-order valence-corrected chi connectivity index (χ4v) is 4.14. The second-order valence-corrected chi connectivity index (χ2v) is 8.42. The zero-order chi connectivity index (χ0) is 23.2. The molecule has 0 aliphatic carbocycles. The molecule has 7 heteroatoms. The van der Waals surface area contributed by atoms with Gasteiger partial charge in [-0.25, -0.2) is 0 Å². The molecule has 0 radical (unpaired) electrons. The summed E-state index contributed by atoms with van der Waals surface area (Å²) >= 11 is 0. The Labute approximate surface area is 194 Å². The van der Waals surface area contributed by atoms with Crippen LogP contribution in [-0.2, 0) is 24.4 Å². The van der Waals surface area contributed by atoms with Gasteiger partial charge in [0.25, 0.3) is 5.91 Å². The maximum Gasteiger partial charge on any atom is 0.257 e. The molecule has 4 rings (SSSR count). The molecule has 1 aliphatic rings. The van der Waals surface area contributed by atoms with E-state index in [9.17, 15) is 9.59 Å².